The summed E-state index contributed by atoms with van der Waals surface area (Å²) in [4.78, 5) is 18.7. The second-order valence-corrected chi connectivity index (χ2v) is 5.68. The fraction of sp³-hybridized carbons (Fsp3) is 0.615. The first-order valence-corrected chi connectivity index (χ1v) is 6.28. The highest BCUT2D eigenvalue weighted by molar-refractivity contribution is 5.85. The monoisotopic (exact) mass is 249 g/mol. The van der Waals surface area contributed by atoms with Gasteiger partial charge in [-0.1, -0.05) is 13.8 Å². The van der Waals surface area contributed by atoms with Crippen molar-refractivity contribution in [1.82, 2.24) is 9.97 Å². The van der Waals surface area contributed by atoms with Crippen LogP contribution >= 0.6 is 0 Å². The van der Waals surface area contributed by atoms with E-state index in [2.05, 4.69) is 29.1 Å². The molecule has 0 amide bonds. The van der Waals surface area contributed by atoms with Crippen molar-refractivity contribution in [3.8, 4) is 0 Å². The molecule has 0 atom stereocenters. The van der Waals surface area contributed by atoms with E-state index in [9.17, 15) is 4.79 Å². The normalized spacial score (nSPS) is 19.4. The van der Waals surface area contributed by atoms with Crippen LogP contribution in [-0.2, 0) is 0 Å². The van der Waals surface area contributed by atoms with E-state index in [4.69, 9.17) is 5.11 Å². The molecule has 0 saturated heterocycles. The Balaban J connectivity index is 1.98. The lowest BCUT2D eigenvalue weighted by molar-refractivity contribution is 0.0690. The predicted molar refractivity (Wildman–Crippen MR) is 68.7 cm³/mol. The third kappa shape index (κ3) is 3.18. The number of nitrogens with one attached hydrogen (secondary N) is 1. The molecule has 1 aliphatic carbocycles. The Morgan fingerprint density at radius 1 is 1.39 bits per heavy atom. The summed E-state index contributed by atoms with van der Waals surface area (Å²) in [6.07, 6.45) is 7.37. The van der Waals surface area contributed by atoms with E-state index in [1.54, 1.807) is 6.20 Å². The number of rotatable bonds is 3. The number of carboxylic acid groups (broad SMARTS) is 1. The van der Waals surface area contributed by atoms with Crippen LogP contribution in [0.3, 0.4) is 0 Å². The highest BCUT2D eigenvalue weighted by Gasteiger charge is 2.26. The minimum atomic E-state index is -1.05. The minimum absolute atomic E-state index is 0.0175. The van der Waals surface area contributed by atoms with E-state index in [1.807, 2.05) is 0 Å². The molecule has 0 radical (unpaired) electrons. The number of hydrogen-bond donors (Lipinski definition) is 2. The van der Waals surface area contributed by atoms with Gasteiger partial charge in [-0.3, -0.25) is 4.98 Å². The smallest absolute Gasteiger partial charge is 0.356 e. The summed E-state index contributed by atoms with van der Waals surface area (Å²) in [5.41, 5.74) is 0.406. The third-order valence-corrected chi connectivity index (χ3v) is 3.54. The number of carbonyl (C=O) groups is 1. The number of carboxylic acids is 1. The van der Waals surface area contributed by atoms with Gasteiger partial charge in [0.1, 0.15) is 5.82 Å². The third-order valence-electron chi connectivity index (χ3n) is 3.54. The van der Waals surface area contributed by atoms with E-state index in [0.29, 0.717) is 17.3 Å². The second-order valence-electron chi connectivity index (χ2n) is 5.68. The second kappa shape index (κ2) is 4.92. The topological polar surface area (TPSA) is 75.1 Å². The number of aromatic carboxylic acids is 1. The Bertz CT molecular complexity index is 436. The zero-order valence-corrected chi connectivity index (χ0v) is 10.8. The highest BCUT2D eigenvalue weighted by Crippen LogP contribution is 2.35. The fourth-order valence-electron chi connectivity index (χ4n) is 2.29. The number of hydrogen-bond acceptors (Lipinski definition) is 4. The molecule has 1 fully saturated rings. The molecule has 0 spiro atoms. The van der Waals surface area contributed by atoms with Crippen molar-refractivity contribution in [2.75, 3.05) is 5.32 Å². The van der Waals surface area contributed by atoms with Crippen LogP contribution in [0, 0.1) is 5.41 Å². The Morgan fingerprint density at radius 3 is 2.67 bits per heavy atom. The molecule has 1 saturated carbocycles. The fourth-order valence-corrected chi connectivity index (χ4v) is 2.29. The molecule has 0 aromatic carbocycles. The first-order chi connectivity index (χ1) is 8.46. The van der Waals surface area contributed by atoms with Gasteiger partial charge in [-0.25, -0.2) is 9.78 Å². The van der Waals surface area contributed by atoms with Crippen molar-refractivity contribution in [3.05, 3.63) is 18.1 Å². The lowest BCUT2D eigenvalue weighted by Crippen LogP contribution is -2.30. The summed E-state index contributed by atoms with van der Waals surface area (Å²) in [7, 11) is 0. The molecular formula is C13H19N3O2. The average molecular weight is 249 g/mol. The van der Waals surface area contributed by atoms with Crippen molar-refractivity contribution in [3.63, 3.8) is 0 Å². The number of nitrogens with zero attached hydrogens (tertiary/aromatic N) is 2. The minimum Gasteiger partial charge on any atom is -0.476 e. The molecule has 0 bridgehead atoms. The standard InChI is InChI=1S/C13H19N3O2/c1-13(2)5-3-9(4-6-13)15-11-8-14-7-10(16-11)12(17)18/h7-9H,3-6H2,1-2H3,(H,15,16)(H,17,18). The van der Waals surface area contributed by atoms with Crippen molar-refractivity contribution in [2.24, 2.45) is 5.41 Å². The lowest BCUT2D eigenvalue weighted by atomic mass is 9.75. The molecule has 0 aliphatic heterocycles. The van der Waals surface area contributed by atoms with Gasteiger partial charge in [0.2, 0.25) is 0 Å². The highest BCUT2D eigenvalue weighted by atomic mass is 16.4. The molecule has 0 unspecified atom stereocenters. The summed E-state index contributed by atoms with van der Waals surface area (Å²) in [6, 6.07) is 0.372. The van der Waals surface area contributed by atoms with Gasteiger partial charge in [0.15, 0.2) is 5.69 Å². The van der Waals surface area contributed by atoms with Gasteiger partial charge in [0, 0.05) is 6.04 Å². The van der Waals surface area contributed by atoms with Gasteiger partial charge in [0.25, 0.3) is 0 Å². The largest absolute Gasteiger partial charge is 0.476 e. The summed E-state index contributed by atoms with van der Waals surface area (Å²) in [5.74, 6) is -0.490. The van der Waals surface area contributed by atoms with Gasteiger partial charge >= 0.3 is 5.97 Å². The predicted octanol–water partition coefficient (Wildman–Crippen LogP) is 2.56. The molecule has 18 heavy (non-hydrogen) atoms. The van der Waals surface area contributed by atoms with E-state index >= 15 is 0 Å². The van der Waals surface area contributed by atoms with Crippen molar-refractivity contribution in [2.45, 2.75) is 45.6 Å². The maximum atomic E-state index is 10.8. The van der Waals surface area contributed by atoms with E-state index in [-0.39, 0.29) is 5.69 Å². The van der Waals surface area contributed by atoms with Crippen LogP contribution in [0.15, 0.2) is 12.4 Å². The Kier molecular flexibility index (Phi) is 3.50. The summed E-state index contributed by atoms with van der Waals surface area (Å²) in [6.45, 7) is 4.57. The molecule has 5 nitrogen and oxygen atoms in total. The quantitative estimate of drug-likeness (QED) is 0.861. The van der Waals surface area contributed by atoms with Gasteiger partial charge in [-0.2, -0.15) is 0 Å². The first-order valence-electron chi connectivity index (χ1n) is 6.28. The molecule has 98 valence electrons. The molecule has 2 N–H and O–H groups in total. The Morgan fingerprint density at radius 2 is 2.06 bits per heavy atom. The zero-order valence-electron chi connectivity index (χ0n) is 10.8. The van der Waals surface area contributed by atoms with Gasteiger partial charge < -0.3 is 10.4 Å². The maximum Gasteiger partial charge on any atom is 0.356 e. The van der Waals surface area contributed by atoms with Crippen molar-refractivity contribution in [1.29, 1.82) is 0 Å². The Labute approximate surface area is 107 Å². The van der Waals surface area contributed by atoms with Crippen molar-refractivity contribution >= 4 is 11.8 Å². The summed E-state index contributed by atoms with van der Waals surface area (Å²) >= 11 is 0. The maximum absolute atomic E-state index is 10.8. The summed E-state index contributed by atoms with van der Waals surface area (Å²) in [5, 5.41) is 12.1. The van der Waals surface area contributed by atoms with E-state index in [1.165, 1.54) is 19.0 Å². The van der Waals surface area contributed by atoms with Crippen molar-refractivity contribution < 1.29 is 9.90 Å². The van der Waals surface area contributed by atoms with Gasteiger partial charge in [0.05, 0.1) is 12.4 Å². The number of anilines is 1. The van der Waals surface area contributed by atoms with Gasteiger partial charge in [-0.15, -0.1) is 0 Å². The Hall–Kier alpha value is -1.65. The van der Waals surface area contributed by atoms with Crippen LogP contribution in [0.25, 0.3) is 0 Å². The number of aromatic nitrogens is 2. The van der Waals surface area contributed by atoms with E-state index in [0.717, 1.165) is 12.8 Å². The van der Waals surface area contributed by atoms with E-state index < -0.39 is 5.97 Å². The molecule has 1 heterocycles. The SMILES string of the molecule is CC1(C)CCC(Nc2cncc(C(=O)O)n2)CC1. The average Bonchev–Trinajstić information content (AvgIpc) is 2.32. The van der Waals surface area contributed by atoms with Crippen LogP contribution in [0.5, 0.6) is 0 Å². The van der Waals surface area contributed by atoms with Crippen LogP contribution < -0.4 is 5.32 Å². The molecule has 5 heteroatoms. The summed E-state index contributed by atoms with van der Waals surface area (Å²) < 4.78 is 0. The zero-order chi connectivity index (χ0) is 13.2. The van der Waals surface area contributed by atoms with Crippen LogP contribution in [0.2, 0.25) is 0 Å². The molecular weight excluding hydrogens is 230 g/mol. The molecule has 1 aromatic rings. The molecule has 1 aromatic heterocycles. The van der Waals surface area contributed by atoms with Crippen LogP contribution in [-0.4, -0.2) is 27.1 Å². The van der Waals surface area contributed by atoms with Gasteiger partial charge in [-0.05, 0) is 31.1 Å². The first kappa shape index (κ1) is 12.8. The van der Waals surface area contributed by atoms with Crippen LogP contribution in [0.1, 0.15) is 50.0 Å². The molecule has 2 rings (SSSR count). The molecule has 1 aliphatic rings. The van der Waals surface area contributed by atoms with Crippen LogP contribution in [0.4, 0.5) is 5.82 Å². The lowest BCUT2D eigenvalue weighted by Gasteiger charge is -2.34.